The lowest BCUT2D eigenvalue weighted by molar-refractivity contribution is -0.141. The second-order valence-electron chi connectivity index (χ2n) is 5.50. The maximum atomic E-state index is 12.3. The summed E-state index contributed by atoms with van der Waals surface area (Å²) in [6.07, 6.45) is 0. The SMILES string of the molecule is COC(=O)Cn1c(=NC(=O)CSCc2ccccc2)sc2ccccc21. The van der Waals surface area contributed by atoms with Gasteiger partial charge >= 0.3 is 5.97 Å². The van der Waals surface area contributed by atoms with Gasteiger partial charge in [-0.3, -0.25) is 9.59 Å². The number of hydrogen-bond donors (Lipinski definition) is 0. The van der Waals surface area contributed by atoms with Crippen molar-refractivity contribution >= 4 is 45.2 Å². The van der Waals surface area contributed by atoms with Gasteiger partial charge in [0.05, 0.1) is 23.1 Å². The Kier molecular flexibility index (Phi) is 6.25. The second-order valence-corrected chi connectivity index (χ2v) is 7.49. The van der Waals surface area contributed by atoms with E-state index < -0.39 is 0 Å². The zero-order valence-corrected chi connectivity index (χ0v) is 15.9. The summed E-state index contributed by atoms with van der Waals surface area (Å²) in [7, 11) is 1.35. The Balaban J connectivity index is 1.78. The van der Waals surface area contributed by atoms with Crippen molar-refractivity contribution < 1.29 is 14.3 Å². The normalized spacial score (nSPS) is 11.7. The van der Waals surface area contributed by atoms with E-state index in [0.717, 1.165) is 16.0 Å². The fourth-order valence-electron chi connectivity index (χ4n) is 2.42. The van der Waals surface area contributed by atoms with Crippen LogP contribution in [-0.4, -0.2) is 29.3 Å². The van der Waals surface area contributed by atoms with Gasteiger partial charge in [0.2, 0.25) is 0 Å². The van der Waals surface area contributed by atoms with Gasteiger partial charge in [0.15, 0.2) is 4.80 Å². The number of nitrogens with zero attached hydrogens (tertiary/aromatic N) is 2. The molecule has 3 aromatic rings. The van der Waals surface area contributed by atoms with Crippen molar-refractivity contribution in [2.24, 2.45) is 4.99 Å². The molecule has 0 bridgehead atoms. The van der Waals surface area contributed by atoms with E-state index in [1.54, 1.807) is 4.57 Å². The molecule has 2 aromatic carbocycles. The molecule has 7 heteroatoms. The van der Waals surface area contributed by atoms with Crippen LogP contribution < -0.4 is 4.80 Å². The largest absolute Gasteiger partial charge is 0.468 e. The molecule has 0 aliphatic carbocycles. The Morgan fingerprint density at radius 1 is 1.12 bits per heavy atom. The molecular weight excluding hydrogens is 368 g/mol. The number of methoxy groups -OCH3 is 1. The van der Waals surface area contributed by atoms with Crippen molar-refractivity contribution in [1.82, 2.24) is 4.57 Å². The smallest absolute Gasteiger partial charge is 0.325 e. The van der Waals surface area contributed by atoms with Crippen LogP contribution in [0.4, 0.5) is 0 Å². The van der Waals surface area contributed by atoms with Gasteiger partial charge in [-0.25, -0.2) is 0 Å². The summed E-state index contributed by atoms with van der Waals surface area (Å²) in [5.41, 5.74) is 2.04. The number of amides is 1. The van der Waals surface area contributed by atoms with Crippen molar-refractivity contribution in [1.29, 1.82) is 0 Å². The highest BCUT2D eigenvalue weighted by atomic mass is 32.2. The third kappa shape index (κ3) is 4.62. The molecule has 1 aromatic heterocycles. The molecule has 26 heavy (non-hydrogen) atoms. The third-order valence-corrected chi connectivity index (χ3v) is 5.71. The number of ether oxygens (including phenoxy) is 1. The Bertz CT molecular complexity index is 977. The van der Waals surface area contributed by atoms with Crippen molar-refractivity contribution in [3.05, 3.63) is 65.0 Å². The first kappa shape index (κ1) is 18.4. The van der Waals surface area contributed by atoms with Gasteiger partial charge in [-0.1, -0.05) is 53.8 Å². The maximum absolute atomic E-state index is 12.3. The molecule has 0 spiro atoms. The molecule has 1 amide bonds. The standard InChI is InChI=1S/C19H18N2O3S2/c1-24-18(23)11-21-15-9-5-6-10-16(15)26-19(21)20-17(22)13-25-12-14-7-3-2-4-8-14/h2-10H,11-13H2,1H3. The van der Waals surface area contributed by atoms with Crippen LogP contribution in [0.2, 0.25) is 0 Å². The molecule has 0 saturated heterocycles. The van der Waals surface area contributed by atoms with Crippen LogP contribution in [0.3, 0.4) is 0 Å². The molecule has 0 saturated carbocycles. The van der Waals surface area contributed by atoms with E-state index in [-0.39, 0.29) is 18.4 Å². The number of para-hydroxylation sites is 1. The zero-order valence-electron chi connectivity index (χ0n) is 14.3. The molecule has 134 valence electrons. The predicted molar refractivity (Wildman–Crippen MR) is 105 cm³/mol. The molecule has 3 rings (SSSR count). The van der Waals surface area contributed by atoms with Gasteiger partial charge in [-0.15, -0.1) is 11.8 Å². The summed E-state index contributed by atoms with van der Waals surface area (Å²) in [4.78, 5) is 28.7. The van der Waals surface area contributed by atoms with Crippen LogP contribution >= 0.6 is 23.1 Å². The monoisotopic (exact) mass is 386 g/mol. The molecule has 0 unspecified atom stereocenters. The number of thiazole rings is 1. The first-order valence-corrected chi connectivity index (χ1v) is 9.99. The van der Waals surface area contributed by atoms with Crippen LogP contribution in [0.25, 0.3) is 10.2 Å². The average Bonchev–Trinajstić information content (AvgIpc) is 2.99. The van der Waals surface area contributed by atoms with E-state index >= 15 is 0 Å². The average molecular weight is 386 g/mol. The molecule has 0 aliphatic rings. The summed E-state index contributed by atoms with van der Waals surface area (Å²) in [6, 6.07) is 17.7. The summed E-state index contributed by atoms with van der Waals surface area (Å²) < 4.78 is 7.46. The number of carbonyl (C=O) groups is 2. The minimum absolute atomic E-state index is 0.0315. The van der Waals surface area contributed by atoms with E-state index in [9.17, 15) is 9.59 Å². The zero-order chi connectivity index (χ0) is 18.4. The van der Waals surface area contributed by atoms with Crippen LogP contribution in [-0.2, 0) is 26.6 Å². The summed E-state index contributed by atoms with van der Waals surface area (Å²) in [6.45, 7) is 0.0315. The quantitative estimate of drug-likeness (QED) is 0.610. The van der Waals surface area contributed by atoms with Gasteiger partial charge in [0, 0.05) is 5.75 Å². The number of esters is 1. The first-order chi connectivity index (χ1) is 12.7. The number of aromatic nitrogens is 1. The van der Waals surface area contributed by atoms with E-state index in [1.807, 2.05) is 54.6 Å². The summed E-state index contributed by atoms with van der Waals surface area (Å²) >= 11 is 2.92. The minimum Gasteiger partial charge on any atom is -0.468 e. The van der Waals surface area contributed by atoms with E-state index in [4.69, 9.17) is 4.74 Å². The maximum Gasteiger partial charge on any atom is 0.325 e. The molecule has 0 radical (unpaired) electrons. The second kappa shape index (κ2) is 8.82. The lowest BCUT2D eigenvalue weighted by atomic mass is 10.2. The van der Waals surface area contributed by atoms with Gasteiger partial charge in [-0.2, -0.15) is 4.99 Å². The Morgan fingerprint density at radius 2 is 1.85 bits per heavy atom. The number of rotatable bonds is 6. The molecule has 5 nitrogen and oxygen atoms in total. The van der Waals surface area contributed by atoms with Crippen molar-refractivity contribution in [3.8, 4) is 0 Å². The van der Waals surface area contributed by atoms with Gasteiger partial charge < -0.3 is 9.30 Å². The molecule has 0 N–H and O–H groups in total. The molecule has 0 fully saturated rings. The Labute approximate surface area is 159 Å². The Hall–Kier alpha value is -2.38. The lowest BCUT2D eigenvalue weighted by Gasteiger charge is -2.03. The van der Waals surface area contributed by atoms with Crippen molar-refractivity contribution in [2.75, 3.05) is 12.9 Å². The van der Waals surface area contributed by atoms with Gasteiger partial charge in [-0.05, 0) is 17.7 Å². The van der Waals surface area contributed by atoms with E-state index in [2.05, 4.69) is 4.99 Å². The molecule has 0 aliphatic heterocycles. The fraction of sp³-hybridized carbons (Fsp3) is 0.211. The molecule has 1 heterocycles. The van der Waals surface area contributed by atoms with Crippen molar-refractivity contribution in [3.63, 3.8) is 0 Å². The van der Waals surface area contributed by atoms with E-state index in [1.165, 1.54) is 35.8 Å². The summed E-state index contributed by atoms with van der Waals surface area (Å²) in [5.74, 6) is 0.468. The van der Waals surface area contributed by atoms with Gasteiger partial charge in [0.25, 0.3) is 5.91 Å². The highest BCUT2D eigenvalue weighted by Gasteiger charge is 2.11. The minimum atomic E-state index is -0.374. The van der Waals surface area contributed by atoms with Crippen LogP contribution in [0.1, 0.15) is 5.56 Å². The topological polar surface area (TPSA) is 60.7 Å². The third-order valence-electron chi connectivity index (χ3n) is 3.66. The van der Waals surface area contributed by atoms with Gasteiger partial charge in [0.1, 0.15) is 6.54 Å². The van der Waals surface area contributed by atoms with E-state index in [0.29, 0.717) is 10.6 Å². The Morgan fingerprint density at radius 3 is 2.62 bits per heavy atom. The van der Waals surface area contributed by atoms with Crippen LogP contribution in [0.5, 0.6) is 0 Å². The molecular formula is C19H18N2O3S2. The number of thioether (sulfide) groups is 1. The lowest BCUT2D eigenvalue weighted by Crippen LogP contribution is -2.22. The number of fused-ring (bicyclic) bond motifs is 1. The van der Waals surface area contributed by atoms with Crippen LogP contribution in [0, 0.1) is 0 Å². The van der Waals surface area contributed by atoms with Crippen molar-refractivity contribution in [2.45, 2.75) is 12.3 Å². The van der Waals surface area contributed by atoms with Crippen LogP contribution in [0.15, 0.2) is 59.6 Å². The highest BCUT2D eigenvalue weighted by molar-refractivity contribution is 7.99. The molecule has 0 atom stereocenters. The highest BCUT2D eigenvalue weighted by Crippen LogP contribution is 2.17. The number of carbonyl (C=O) groups excluding carboxylic acids is 2. The fourth-order valence-corrected chi connectivity index (χ4v) is 4.24. The number of hydrogen-bond acceptors (Lipinski definition) is 5. The summed E-state index contributed by atoms with van der Waals surface area (Å²) in [5, 5.41) is 0. The predicted octanol–water partition coefficient (Wildman–Crippen LogP) is 3.24. The first-order valence-electron chi connectivity index (χ1n) is 8.02. The number of benzene rings is 2.